The molecule has 5 rings (SSSR count). The zero-order valence-electron chi connectivity index (χ0n) is 14.1. The smallest absolute Gasteiger partial charge is 0.224 e. The van der Waals surface area contributed by atoms with E-state index in [9.17, 15) is 0 Å². The first kappa shape index (κ1) is 14.7. The molecule has 0 radical (unpaired) electrons. The second kappa shape index (κ2) is 5.72. The van der Waals surface area contributed by atoms with Gasteiger partial charge in [0.1, 0.15) is 11.3 Å². The molecule has 3 N–H and O–H groups in total. The van der Waals surface area contributed by atoms with Gasteiger partial charge in [-0.15, -0.1) is 0 Å². The van der Waals surface area contributed by atoms with Gasteiger partial charge in [0.15, 0.2) is 11.5 Å². The van der Waals surface area contributed by atoms with Gasteiger partial charge in [-0.1, -0.05) is 0 Å². The minimum atomic E-state index is 0.275. The van der Waals surface area contributed by atoms with Crippen LogP contribution < -0.4 is 10.6 Å². The molecule has 2 fully saturated rings. The number of nitrogens with two attached hydrogens (primary N) is 1. The van der Waals surface area contributed by atoms with Crippen LogP contribution in [-0.4, -0.2) is 42.6 Å². The predicted octanol–water partition coefficient (Wildman–Crippen LogP) is 1.93. The van der Waals surface area contributed by atoms with Gasteiger partial charge >= 0.3 is 0 Å². The van der Waals surface area contributed by atoms with Gasteiger partial charge in [0.05, 0.1) is 6.33 Å². The van der Waals surface area contributed by atoms with Gasteiger partial charge in [-0.05, 0) is 31.6 Å². The van der Waals surface area contributed by atoms with Crippen molar-refractivity contribution in [2.24, 2.45) is 5.92 Å². The molecule has 1 saturated heterocycles. The van der Waals surface area contributed by atoms with E-state index in [0.717, 1.165) is 49.7 Å². The molecular weight excluding hydrogens is 316 g/mol. The molecule has 0 unspecified atom stereocenters. The van der Waals surface area contributed by atoms with E-state index < -0.39 is 0 Å². The van der Waals surface area contributed by atoms with Crippen molar-refractivity contribution in [2.75, 3.05) is 23.7 Å². The number of nitrogens with one attached hydrogen (secondary N) is 1. The lowest BCUT2D eigenvalue weighted by atomic mass is 9.95. The van der Waals surface area contributed by atoms with Crippen LogP contribution in [0.1, 0.15) is 37.4 Å². The van der Waals surface area contributed by atoms with E-state index >= 15 is 0 Å². The Hall–Kier alpha value is -2.64. The van der Waals surface area contributed by atoms with Crippen LogP contribution in [0, 0.1) is 5.92 Å². The van der Waals surface area contributed by atoms with Crippen LogP contribution in [0.25, 0.3) is 11.2 Å². The molecule has 1 aliphatic carbocycles. The van der Waals surface area contributed by atoms with E-state index in [0.29, 0.717) is 11.6 Å². The third-order valence-electron chi connectivity index (χ3n) is 5.34. The van der Waals surface area contributed by atoms with E-state index in [-0.39, 0.29) is 5.95 Å². The summed E-state index contributed by atoms with van der Waals surface area (Å²) in [6, 6.07) is 0. The number of nitrogen functional groups attached to an aromatic ring is 1. The van der Waals surface area contributed by atoms with Crippen molar-refractivity contribution >= 4 is 22.9 Å². The maximum Gasteiger partial charge on any atom is 0.224 e. The van der Waals surface area contributed by atoms with Crippen LogP contribution in [-0.2, 0) is 6.54 Å². The van der Waals surface area contributed by atoms with Gasteiger partial charge in [-0.2, -0.15) is 9.97 Å². The van der Waals surface area contributed by atoms with Crippen molar-refractivity contribution in [3.63, 3.8) is 0 Å². The Morgan fingerprint density at radius 2 is 1.96 bits per heavy atom. The van der Waals surface area contributed by atoms with Gasteiger partial charge in [0, 0.05) is 37.9 Å². The number of aromatic nitrogens is 6. The van der Waals surface area contributed by atoms with Crippen LogP contribution >= 0.6 is 0 Å². The lowest BCUT2D eigenvalue weighted by Crippen LogP contribution is -2.34. The quantitative estimate of drug-likeness (QED) is 0.753. The summed E-state index contributed by atoms with van der Waals surface area (Å²) in [6.07, 6.45) is 10.6. The highest BCUT2D eigenvalue weighted by Gasteiger charge is 2.28. The molecule has 0 aromatic carbocycles. The largest absolute Gasteiger partial charge is 0.368 e. The van der Waals surface area contributed by atoms with Gasteiger partial charge < -0.3 is 20.2 Å². The monoisotopic (exact) mass is 338 g/mol. The summed E-state index contributed by atoms with van der Waals surface area (Å²) in [7, 11) is 0. The molecular formula is C17H22N8. The zero-order chi connectivity index (χ0) is 16.8. The summed E-state index contributed by atoms with van der Waals surface area (Å²) in [5.41, 5.74) is 7.34. The second-order valence-corrected chi connectivity index (χ2v) is 7.15. The van der Waals surface area contributed by atoms with E-state index in [4.69, 9.17) is 5.73 Å². The second-order valence-electron chi connectivity index (χ2n) is 7.15. The molecule has 130 valence electrons. The Bertz CT molecular complexity index is 885. The Kier molecular flexibility index (Phi) is 3.36. The van der Waals surface area contributed by atoms with Crippen LogP contribution in [0.4, 0.5) is 11.8 Å². The maximum atomic E-state index is 5.85. The van der Waals surface area contributed by atoms with Crippen molar-refractivity contribution in [3.8, 4) is 0 Å². The van der Waals surface area contributed by atoms with Gasteiger partial charge in [-0.25, -0.2) is 9.97 Å². The van der Waals surface area contributed by atoms with Crippen molar-refractivity contribution in [1.29, 1.82) is 0 Å². The highest BCUT2D eigenvalue weighted by atomic mass is 15.2. The zero-order valence-corrected chi connectivity index (χ0v) is 14.1. The Morgan fingerprint density at radius 3 is 2.76 bits per heavy atom. The lowest BCUT2D eigenvalue weighted by Gasteiger charge is -2.32. The number of nitrogens with zero attached hydrogens (tertiary/aromatic N) is 6. The van der Waals surface area contributed by atoms with Crippen LogP contribution in [0.15, 0.2) is 18.7 Å². The summed E-state index contributed by atoms with van der Waals surface area (Å²) < 4.78 is 2.37. The number of fused-ring (bicyclic) bond motifs is 1. The molecule has 0 amide bonds. The van der Waals surface area contributed by atoms with Crippen molar-refractivity contribution < 1.29 is 0 Å². The Balaban J connectivity index is 1.34. The van der Waals surface area contributed by atoms with E-state index in [1.807, 2.05) is 6.20 Å². The number of rotatable bonds is 4. The van der Waals surface area contributed by atoms with Gasteiger partial charge in [0.25, 0.3) is 0 Å². The number of H-pyrrole nitrogens is 1. The van der Waals surface area contributed by atoms with Gasteiger partial charge in [0.2, 0.25) is 5.95 Å². The van der Waals surface area contributed by atoms with Crippen LogP contribution in [0.3, 0.4) is 0 Å². The first-order chi connectivity index (χ1) is 12.3. The molecule has 8 heteroatoms. The van der Waals surface area contributed by atoms with Crippen LogP contribution in [0.2, 0.25) is 0 Å². The first-order valence-corrected chi connectivity index (χ1v) is 9.00. The van der Waals surface area contributed by atoms with Gasteiger partial charge in [-0.3, -0.25) is 0 Å². The summed E-state index contributed by atoms with van der Waals surface area (Å²) in [5.74, 6) is 3.77. The molecule has 3 aromatic rings. The molecule has 0 bridgehead atoms. The fourth-order valence-electron chi connectivity index (χ4n) is 3.83. The topological polar surface area (TPSA) is 102 Å². The van der Waals surface area contributed by atoms with E-state index in [2.05, 4.69) is 40.6 Å². The molecule has 4 heterocycles. The fourth-order valence-corrected chi connectivity index (χ4v) is 3.83. The highest BCUT2D eigenvalue weighted by Crippen LogP contribution is 2.34. The molecule has 0 atom stereocenters. The van der Waals surface area contributed by atoms with Crippen molar-refractivity contribution in [3.05, 3.63) is 24.5 Å². The number of hydrogen-bond donors (Lipinski definition) is 2. The Labute approximate surface area is 145 Å². The number of aromatic amines is 1. The molecule has 2 aliphatic rings. The maximum absolute atomic E-state index is 5.85. The summed E-state index contributed by atoms with van der Waals surface area (Å²) in [6.45, 7) is 3.00. The normalized spacial score (nSPS) is 19.0. The fraction of sp³-hybridized carbons (Fsp3) is 0.529. The standard InChI is InChI=1S/C17H22N8/c18-17-22-14-13(20-10-21-14)16(23-17)24-6-3-12(4-7-24)15-19-5-8-25(15)9-11-1-2-11/h5,8,10-12H,1-4,6-7,9H2,(H3,18,20,21,22,23). The van der Waals surface area contributed by atoms with E-state index in [1.165, 1.54) is 18.7 Å². The van der Waals surface area contributed by atoms with Crippen molar-refractivity contribution in [2.45, 2.75) is 38.1 Å². The third-order valence-corrected chi connectivity index (χ3v) is 5.34. The first-order valence-electron chi connectivity index (χ1n) is 9.00. The van der Waals surface area contributed by atoms with Crippen molar-refractivity contribution in [1.82, 2.24) is 29.5 Å². The predicted molar refractivity (Wildman–Crippen MR) is 95.2 cm³/mol. The lowest BCUT2D eigenvalue weighted by molar-refractivity contribution is 0.457. The number of hydrogen-bond acceptors (Lipinski definition) is 6. The Morgan fingerprint density at radius 1 is 1.12 bits per heavy atom. The average molecular weight is 338 g/mol. The summed E-state index contributed by atoms with van der Waals surface area (Å²) in [5, 5.41) is 0. The molecule has 0 spiro atoms. The number of anilines is 2. The molecule has 1 aliphatic heterocycles. The average Bonchev–Trinajstić information content (AvgIpc) is 3.12. The molecule has 3 aromatic heterocycles. The number of piperidine rings is 1. The third kappa shape index (κ3) is 2.71. The minimum Gasteiger partial charge on any atom is -0.368 e. The minimum absolute atomic E-state index is 0.275. The van der Waals surface area contributed by atoms with Crippen LogP contribution in [0.5, 0.6) is 0 Å². The summed E-state index contributed by atoms with van der Waals surface area (Å²) >= 11 is 0. The molecule has 25 heavy (non-hydrogen) atoms. The SMILES string of the molecule is Nc1nc(N2CCC(c3nccn3CC3CC3)CC2)c2[nH]cnc2n1. The molecule has 8 nitrogen and oxygen atoms in total. The van der Waals surface area contributed by atoms with E-state index in [1.54, 1.807) is 6.33 Å². The molecule has 1 saturated carbocycles. The highest BCUT2D eigenvalue weighted by molar-refractivity contribution is 5.84. The number of imidazole rings is 2. The summed E-state index contributed by atoms with van der Waals surface area (Å²) in [4.78, 5) is 22.9.